The van der Waals surface area contributed by atoms with Crippen molar-refractivity contribution in [1.82, 2.24) is 4.57 Å². The molecular weight excluding hydrogens is 262 g/mol. The van der Waals surface area contributed by atoms with Gasteiger partial charge in [-0.15, -0.1) is 0 Å². The standard InChI is InChI=1S/C17H23N3O/c1-3-17(4-2,13-18)16(21)19-14-8-7-9-15(12-14)20-10-5-6-11-20/h5-12H,3-4,13,18H2,1-2H3,(H,19,21). The second kappa shape index (κ2) is 6.59. The molecule has 1 amide bonds. The lowest BCUT2D eigenvalue weighted by atomic mass is 9.81. The fourth-order valence-corrected chi connectivity index (χ4v) is 2.47. The zero-order valence-corrected chi connectivity index (χ0v) is 12.7. The lowest BCUT2D eigenvalue weighted by Gasteiger charge is -2.28. The summed E-state index contributed by atoms with van der Waals surface area (Å²) in [4.78, 5) is 12.5. The second-order valence-corrected chi connectivity index (χ2v) is 5.29. The van der Waals surface area contributed by atoms with E-state index < -0.39 is 5.41 Å². The minimum atomic E-state index is -0.483. The Morgan fingerprint density at radius 1 is 1.19 bits per heavy atom. The van der Waals surface area contributed by atoms with Crippen molar-refractivity contribution < 1.29 is 4.79 Å². The molecular formula is C17H23N3O. The molecule has 1 aromatic carbocycles. The summed E-state index contributed by atoms with van der Waals surface area (Å²) in [5, 5.41) is 3.01. The highest BCUT2D eigenvalue weighted by molar-refractivity contribution is 5.95. The van der Waals surface area contributed by atoms with Gasteiger partial charge < -0.3 is 15.6 Å². The van der Waals surface area contributed by atoms with Gasteiger partial charge in [0.2, 0.25) is 5.91 Å². The predicted octanol–water partition coefficient (Wildman–Crippen LogP) is 3.18. The Kier molecular flexibility index (Phi) is 4.81. The van der Waals surface area contributed by atoms with Crippen LogP contribution in [-0.4, -0.2) is 17.0 Å². The molecule has 0 fully saturated rings. The van der Waals surface area contributed by atoms with Gasteiger partial charge in [-0.2, -0.15) is 0 Å². The van der Waals surface area contributed by atoms with Crippen molar-refractivity contribution in [2.24, 2.45) is 11.1 Å². The van der Waals surface area contributed by atoms with E-state index in [9.17, 15) is 4.79 Å². The Hall–Kier alpha value is -2.07. The highest BCUT2D eigenvalue weighted by atomic mass is 16.2. The van der Waals surface area contributed by atoms with Crippen LogP contribution in [0.2, 0.25) is 0 Å². The molecule has 0 bridgehead atoms. The third-order valence-electron chi connectivity index (χ3n) is 4.23. The fourth-order valence-electron chi connectivity index (χ4n) is 2.47. The van der Waals surface area contributed by atoms with Crippen molar-refractivity contribution in [3.8, 4) is 5.69 Å². The van der Waals surface area contributed by atoms with Gasteiger partial charge in [0.05, 0.1) is 5.41 Å². The van der Waals surface area contributed by atoms with Gasteiger partial charge in [0.15, 0.2) is 0 Å². The van der Waals surface area contributed by atoms with E-state index in [0.717, 1.165) is 24.2 Å². The number of carbonyl (C=O) groups excluding carboxylic acids is 1. The van der Waals surface area contributed by atoms with Crippen LogP contribution in [0, 0.1) is 5.41 Å². The maximum Gasteiger partial charge on any atom is 0.231 e. The first-order chi connectivity index (χ1) is 10.1. The molecule has 0 aliphatic carbocycles. The van der Waals surface area contributed by atoms with Crippen molar-refractivity contribution in [1.29, 1.82) is 0 Å². The zero-order valence-electron chi connectivity index (χ0n) is 12.7. The molecule has 0 aliphatic heterocycles. The SMILES string of the molecule is CCC(CC)(CN)C(=O)Nc1cccc(-n2cccc2)c1. The third-order valence-corrected chi connectivity index (χ3v) is 4.23. The number of anilines is 1. The van der Waals surface area contributed by atoms with E-state index in [1.54, 1.807) is 0 Å². The van der Waals surface area contributed by atoms with E-state index in [0.29, 0.717) is 6.54 Å². The molecule has 0 saturated heterocycles. The van der Waals surface area contributed by atoms with E-state index in [2.05, 4.69) is 5.32 Å². The maximum absolute atomic E-state index is 12.5. The summed E-state index contributed by atoms with van der Waals surface area (Å²) in [7, 11) is 0. The number of hydrogen-bond donors (Lipinski definition) is 2. The van der Waals surface area contributed by atoms with E-state index in [-0.39, 0.29) is 5.91 Å². The van der Waals surface area contributed by atoms with Gasteiger partial charge in [0, 0.05) is 30.3 Å². The topological polar surface area (TPSA) is 60.1 Å². The normalized spacial score (nSPS) is 11.4. The molecule has 0 aliphatic rings. The van der Waals surface area contributed by atoms with Gasteiger partial charge >= 0.3 is 0 Å². The monoisotopic (exact) mass is 285 g/mol. The van der Waals surface area contributed by atoms with Gasteiger partial charge in [-0.05, 0) is 43.2 Å². The minimum absolute atomic E-state index is 0.000318. The van der Waals surface area contributed by atoms with Crippen LogP contribution >= 0.6 is 0 Å². The largest absolute Gasteiger partial charge is 0.329 e. The van der Waals surface area contributed by atoms with E-state index >= 15 is 0 Å². The highest BCUT2D eigenvalue weighted by Crippen LogP contribution is 2.27. The number of nitrogens with two attached hydrogens (primary N) is 1. The number of nitrogens with zero attached hydrogens (tertiary/aromatic N) is 1. The Morgan fingerprint density at radius 3 is 2.43 bits per heavy atom. The second-order valence-electron chi connectivity index (χ2n) is 5.29. The van der Waals surface area contributed by atoms with Crippen molar-refractivity contribution >= 4 is 11.6 Å². The molecule has 0 radical (unpaired) electrons. The number of nitrogens with one attached hydrogen (secondary N) is 1. The molecule has 0 spiro atoms. The van der Waals surface area contributed by atoms with Gasteiger partial charge in [-0.1, -0.05) is 19.9 Å². The Labute approximate surface area is 126 Å². The average molecular weight is 285 g/mol. The van der Waals surface area contributed by atoms with Crippen LogP contribution in [-0.2, 0) is 4.79 Å². The maximum atomic E-state index is 12.5. The van der Waals surface area contributed by atoms with Crippen LogP contribution in [0.5, 0.6) is 0 Å². The van der Waals surface area contributed by atoms with Crippen LogP contribution in [0.25, 0.3) is 5.69 Å². The Morgan fingerprint density at radius 2 is 1.86 bits per heavy atom. The molecule has 0 saturated carbocycles. The van der Waals surface area contributed by atoms with Crippen LogP contribution < -0.4 is 11.1 Å². The molecule has 21 heavy (non-hydrogen) atoms. The predicted molar refractivity (Wildman–Crippen MR) is 86.5 cm³/mol. The lowest BCUT2D eigenvalue weighted by molar-refractivity contribution is -0.125. The molecule has 0 atom stereocenters. The molecule has 1 heterocycles. The van der Waals surface area contributed by atoms with Gasteiger partial charge in [-0.3, -0.25) is 4.79 Å². The van der Waals surface area contributed by atoms with Crippen molar-refractivity contribution in [3.05, 3.63) is 48.8 Å². The van der Waals surface area contributed by atoms with Crippen molar-refractivity contribution in [2.45, 2.75) is 26.7 Å². The van der Waals surface area contributed by atoms with E-state index in [1.807, 2.05) is 67.2 Å². The summed E-state index contributed by atoms with van der Waals surface area (Å²) in [6, 6.07) is 11.7. The first kappa shape index (κ1) is 15.3. The molecule has 2 rings (SSSR count). The summed E-state index contributed by atoms with van der Waals surface area (Å²) in [6.45, 7) is 4.38. The molecule has 4 nitrogen and oxygen atoms in total. The summed E-state index contributed by atoms with van der Waals surface area (Å²) in [6.07, 6.45) is 5.43. The van der Waals surface area contributed by atoms with Crippen LogP contribution in [0.3, 0.4) is 0 Å². The summed E-state index contributed by atoms with van der Waals surface area (Å²) in [5.41, 5.74) is 7.16. The van der Waals surface area contributed by atoms with Crippen molar-refractivity contribution in [3.63, 3.8) is 0 Å². The molecule has 112 valence electrons. The number of hydrogen-bond acceptors (Lipinski definition) is 2. The Bertz CT molecular complexity index is 578. The van der Waals surface area contributed by atoms with Crippen LogP contribution in [0.4, 0.5) is 5.69 Å². The first-order valence-corrected chi connectivity index (χ1v) is 7.40. The van der Waals surface area contributed by atoms with Crippen molar-refractivity contribution in [2.75, 3.05) is 11.9 Å². The molecule has 3 N–H and O–H groups in total. The molecule has 1 aromatic heterocycles. The zero-order chi connectivity index (χ0) is 15.3. The van der Waals surface area contributed by atoms with Crippen LogP contribution in [0.1, 0.15) is 26.7 Å². The van der Waals surface area contributed by atoms with E-state index in [4.69, 9.17) is 5.73 Å². The van der Waals surface area contributed by atoms with E-state index in [1.165, 1.54) is 0 Å². The number of rotatable bonds is 6. The Balaban J connectivity index is 2.20. The third kappa shape index (κ3) is 3.16. The molecule has 0 unspecified atom stereocenters. The fraction of sp³-hybridized carbons (Fsp3) is 0.353. The molecule has 2 aromatic rings. The summed E-state index contributed by atoms with van der Waals surface area (Å²) < 4.78 is 2.01. The summed E-state index contributed by atoms with van der Waals surface area (Å²) in [5.74, 6) is -0.000318. The highest BCUT2D eigenvalue weighted by Gasteiger charge is 2.33. The van der Waals surface area contributed by atoms with Gasteiger partial charge in [0.25, 0.3) is 0 Å². The number of aromatic nitrogens is 1. The quantitative estimate of drug-likeness (QED) is 0.856. The van der Waals surface area contributed by atoms with Crippen LogP contribution in [0.15, 0.2) is 48.8 Å². The molecule has 4 heteroatoms. The summed E-state index contributed by atoms with van der Waals surface area (Å²) >= 11 is 0. The average Bonchev–Trinajstić information content (AvgIpc) is 3.04. The smallest absolute Gasteiger partial charge is 0.231 e. The minimum Gasteiger partial charge on any atom is -0.329 e. The lowest BCUT2D eigenvalue weighted by Crippen LogP contribution is -2.41. The number of amides is 1. The first-order valence-electron chi connectivity index (χ1n) is 7.40. The van der Waals surface area contributed by atoms with Gasteiger partial charge in [-0.25, -0.2) is 0 Å². The van der Waals surface area contributed by atoms with Gasteiger partial charge in [0.1, 0.15) is 0 Å². The number of carbonyl (C=O) groups is 1. The number of benzene rings is 1.